The maximum Gasteiger partial charge on any atom is 0.235 e. The van der Waals surface area contributed by atoms with Crippen LogP contribution in [-0.4, -0.2) is 23.1 Å². The number of thiophene rings is 1. The molecule has 2 heterocycles. The Bertz CT molecular complexity index is 1070. The molecule has 30 heavy (non-hydrogen) atoms. The minimum Gasteiger partial charge on any atom is -0.316 e. The van der Waals surface area contributed by atoms with Gasteiger partial charge >= 0.3 is 0 Å². The molecule has 0 atom stereocenters. The third kappa shape index (κ3) is 4.90. The molecule has 0 aliphatic carbocycles. The van der Waals surface area contributed by atoms with Crippen LogP contribution in [0.5, 0.6) is 0 Å². The van der Waals surface area contributed by atoms with Crippen molar-refractivity contribution in [1.82, 2.24) is 4.90 Å². The predicted octanol–water partition coefficient (Wildman–Crippen LogP) is 5.05. The molecule has 1 amide bonds. The van der Waals surface area contributed by atoms with Gasteiger partial charge in [0.05, 0.1) is 11.3 Å². The minimum absolute atomic E-state index is 0.166. The van der Waals surface area contributed by atoms with Crippen molar-refractivity contribution >= 4 is 34.0 Å². The highest BCUT2D eigenvalue weighted by molar-refractivity contribution is 8.00. The normalized spacial score (nSPS) is 13.5. The maximum atomic E-state index is 13.0. The second kappa shape index (κ2) is 9.43. The standard InChI is InChI=1S/C23H20FN3OS2/c24-17-6-8-18(9-7-17)29-15-22(28)26-23-20(12-25)19-10-11-27(14-21(19)30-23)13-16-4-2-1-3-5-16/h1-9H,10-11,13-15H2,(H,26,28). The number of rotatable bonds is 6. The number of hydrogen-bond donors (Lipinski definition) is 1. The molecule has 152 valence electrons. The lowest BCUT2D eigenvalue weighted by Crippen LogP contribution is -2.29. The molecule has 1 aliphatic heterocycles. The van der Waals surface area contributed by atoms with E-state index in [1.165, 1.54) is 40.8 Å². The van der Waals surface area contributed by atoms with Crippen LogP contribution in [0.2, 0.25) is 0 Å². The zero-order chi connectivity index (χ0) is 20.9. The van der Waals surface area contributed by atoms with Gasteiger partial charge in [-0.25, -0.2) is 4.39 Å². The Morgan fingerprint density at radius 1 is 1.20 bits per heavy atom. The van der Waals surface area contributed by atoms with E-state index >= 15 is 0 Å². The molecule has 0 fully saturated rings. The summed E-state index contributed by atoms with van der Waals surface area (Å²) in [4.78, 5) is 16.8. The average Bonchev–Trinajstić information content (AvgIpc) is 3.10. The molecule has 0 saturated carbocycles. The summed E-state index contributed by atoms with van der Waals surface area (Å²) in [6.45, 7) is 2.54. The van der Waals surface area contributed by atoms with Gasteiger partial charge in [0, 0.05) is 29.4 Å². The largest absolute Gasteiger partial charge is 0.316 e. The fraction of sp³-hybridized carbons (Fsp3) is 0.217. The van der Waals surface area contributed by atoms with Crippen LogP contribution in [0, 0.1) is 17.1 Å². The first-order valence-electron chi connectivity index (χ1n) is 9.61. The van der Waals surface area contributed by atoms with Crippen molar-refractivity contribution in [1.29, 1.82) is 5.26 Å². The van der Waals surface area contributed by atoms with Crippen molar-refractivity contribution in [3.05, 3.63) is 82.0 Å². The molecule has 4 nitrogen and oxygen atoms in total. The molecule has 0 saturated heterocycles. The summed E-state index contributed by atoms with van der Waals surface area (Å²) < 4.78 is 13.0. The van der Waals surface area contributed by atoms with Gasteiger partial charge in [-0.1, -0.05) is 30.3 Å². The Hall–Kier alpha value is -2.66. The number of thioether (sulfide) groups is 1. The van der Waals surface area contributed by atoms with Gasteiger partial charge in [0.25, 0.3) is 0 Å². The fourth-order valence-electron chi connectivity index (χ4n) is 3.48. The van der Waals surface area contributed by atoms with Crippen LogP contribution in [0.3, 0.4) is 0 Å². The number of carbonyl (C=O) groups is 1. The Morgan fingerprint density at radius 3 is 2.70 bits per heavy atom. The summed E-state index contributed by atoms with van der Waals surface area (Å²) in [5, 5.41) is 13.2. The number of nitrogens with one attached hydrogen (secondary N) is 1. The molecule has 0 bridgehead atoms. The van der Waals surface area contributed by atoms with Crippen LogP contribution in [0.4, 0.5) is 9.39 Å². The maximum absolute atomic E-state index is 13.0. The van der Waals surface area contributed by atoms with Crippen LogP contribution >= 0.6 is 23.1 Å². The molecule has 1 aromatic heterocycles. The Balaban J connectivity index is 1.40. The number of anilines is 1. The topological polar surface area (TPSA) is 56.1 Å². The highest BCUT2D eigenvalue weighted by atomic mass is 32.2. The van der Waals surface area contributed by atoms with Crippen LogP contribution in [0.1, 0.15) is 21.6 Å². The third-order valence-corrected chi connectivity index (χ3v) is 7.08. The first-order valence-corrected chi connectivity index (χ1v) is 11.4. The van der Waals surface area contributed by atoms with Gasteiger partial charge in [-0.15, -0.1) is 23.1 Å². The second-order valence-corrected chi connectivity index (χ2v) is 9.21. The van der Waals surface area contributed by atoms with E-state index in [9.17, 15) is 14.4 Å². The Labute approximate surface area is 183 Å². The van der Waals surface area contributed by atoms with Crippen molar-refractivity contribution in [3.8, 4) is 6.07 Å². The number of nitrogens with zero attached hydrogens (tertiary/aromatic N) is 2. The molecule has 2 aromatic carbocycles. The molecule has 1 N–H and O–H groups in total. The number of fused-ring (bicyclic) bond motifs is 1. The summed E-state index contributed by atoms with van der Waals surface area (Å²) in [5.74, 6) is -0.257. The molecule has 4 rings (SSSR count). The number of hydrogen-bond acceptors (Lipinski definition) is 5. The summed E-state index contributed by atoms with van der Waals surface area (Å²) >= 11 is 2.84. The van der Waals surface area contributed by atoms with Gasteiger partial charge in [-0.2, -0.15) is 5.26 Å². The molecule has 3 aromatic rings. The number of nitriles is 1. The van der Waals surface area contributed by atoms with Crippen LogP contribution < -0.4 is 5.32 Å². The van der Waals surface area contributed by atoms with Crippen LogP contribution in [0.15, 0.2) is 59.5 Å². The summed E-state index contributed by atoms with van der Waals surface area (Å²) in [5.41, 5.74) is 2.92. The van der Waals surface area contributed by atoms with E-state index in [2.05, 4.69) is 28.4 Å². The van der Waals surface area contributed by atoms with Crippen molar-refractivity contribution in [2.24, 2.45) is 0 Å². The number of amides is 1. The molecule has 7 heteroatoms. The smallest absolute Gasteiger partial charge is 0.235 e. The number of carbonyl (C=O) groups excluding carboxylic acids is 1. The second-order valence-electron chi connectivity index (χ2n) is 7.06. The number of benzene rings is 2. The van der Waals surface area contributed by atoms with Gasteiger partial charge in [0.2, 0.25) is 5.91 Å². The molecular weight excluding hydrogens is 417 g/mol. The Kier molecular flexibility index (Phi) is 6.48. The van der Waals surface area contributed by atoms with Gasteiger partial charge in [-0.3, -0.25) is 9.69 Å². The van der Waals surface area contributed by atoms with Crippen molar-refractivity contribution in [2.75, 3.05) is 17.6 Å². The van der Waals surface area contributed by atoms with E-state index in [0.29, 0.717) is 10.6 Å². The molecule has 0 radical (unpaired) electrons. The van der Waals surface area contributed by atoms with E-state index < -0.39 is 0 Å². The zero-order valence-corrected chi connectivity index (χ0v) is 17.9. The molecule has 1 aliphatic rings. The number of halogens is 1. The predicted molar refractivity (Wildman–Crippen MR) is 119 cm³/mol. The van der Waals surface area contributed by atoms with E-state index in [1.807, 2.05) is 18.2 Å². The average molecular weight is 438 g/mol. The van der Waals surface area contributed by atoms with Crippen LogP contribution in [-0.2, 0) is 24.3 Å². The Morgan fingerprint density at radius 2 is 1.97 bits per heavy atom. The van der Waals surface area contributed by atoms with E-state index in [-0.39, 0.29) is 17.5 Å². The highest BCUT2D eigenvalue weighted by Gasteiger charge is 2.25. The van der Waals surface area contributed by atoms with Gasteiger partial charge in [-0.05, 0) is 41.8 Å². The van der Waals surface area contributed by atoms with Gasteiger partial charge < -0.3 is 5.32 Å². The van der Waals surface area contributed by atoms with E-state index in [1.54, 1.807) is 12.1 Å². The third-order valence-electron chi connectivity index (χ3n) is 4.93. The van der Waals surface area contributed by atoms with Crippen LogP contribution in [0.25, 0.3) is 0 Å². The van der Waals surface area contributed by atoms with Gasteiger partial charge in [0.15, 0.2) is 0 Å². The lowest BCUT2D eigenvalue weighted by Gasteiger charge is -2.26. The van der Waals surface area contributed by atoms with E-state index in [4.69, 9.17) is 0 Å². The minimum atomic E-state index is -0.298. The SMILES string of the molecule is N#Cc1c(NC(=O)CSc2ccc(F)cc2)sc2c1CCN(Cc1ccccc1)C2. The quantitative estimate of drug-likeness (QED) is 0.549. The molecular formula is C23H20FN3OS2. The summed E-state index contributed by atoms with van der Waals surface area (Å²) in [6, 6.07) is 18.7. The lowest BCUT2D eigenvalue weighted by molar-refractivity contribution is -0.113. The first-order chi connectivity index (χ1) is 14.6. The van der Waals surface area contributed by atoms with Crippen molar-refractivity contribution in [3.63, 3.8) is 0 Å². The van der Waals surface area contributed by atoms with Crippen molar-refractivity contribution < 1.29 is 9.18 Å². The fourth-order valence-corrected chi connectivity index (χ4v) is 5.44. The first kappa shape index (κ1) is 20.6. The van der Waals surface area contributed by atoms with Gasteiger partial charge in [0.1, 0.15) is 16.9 Å². The molecule has 0 spiro atoms. The monoisotopic (exact) mass is 437 g/mol. The lowest BCUT2D eigenvalue weighted by atomic mass is 10.0. The van der Waals surface area contributed by atoms with Crippen molar-refractivity contribution in [2.45, 2.75) is 24.4 Å². The van der Waals surface area contributed by atoms with E-state index in [0.717, 1.165) is 41.4 Å². The summed E-state index contributed by atoms with van der Waals surface area (Å²) in [7, 11) is 0. The molecule has 0 unspecified atom stereocenters. The zero-order valence-electron chi connectivity index (χ0n) is 16.2. The summed E-state index contributed by atoms with van der Waals surface area (Å²) in [6.07, 6.45) is 0.807. The highest BCUT2D eigenvalue weighted by Crippen LogP contribution is 2.37.